The van der Waals surface area contributed by atoms with Crippen LogP contribution in [-0.2, 0) is 0 Å². The van der Waals surface area contributed by atoms with Crippen LogP contribution in [0.2, 0.25) is 0 Å². The molecule has 0 saturated heterocycles. The van der Waals surface area contributed by atoms with Crippen molar-refractivity contribution in [1.29, 1.82) is 0 Å². The van der Waals surface area contributed by atoms with Gasteiger partial charge in [0.1, 0.15) is 52.0 Å². The highest BCUT2D eigenvalue weighted by molar-refractivity contribution is 6.41. The lowest BCUT2D eigenvalue weighted by molar-refractivity contribution is 0.331. The van der Waals surface area contributed by atoms with Gasteiger partial charge in [0, 0.05) is 28.3 Å². The van der Waals surface area contributed by atoms with Crippen LogP contribution < -0.4 is 5.46 Å². The number of furan rings is 1. The van der Waals surface area contributed by atoms with Crippen LogP contribution in [-0.4, -0.2) is 54.2 Å². The fraction of sp³-hybridized carbons (Fsp3) is 0.0233. The van der Waals surface area contributed by atoms with Crippen molar-refractivity contribution in [1.82, 2.24) is 0 Å². The van der Waals surface area contributed by atoms with Crippen LogP contribution in [0.1, 0.15) is 12.0 Å². The van der Waals surface area contributed by atoms with Crippen molar-refractivity contribution in [3.05, 3.63) is 137 Å². The number of hydrogen-bond donors (Lipinski definition) is 6. The lowest BCUT2D eigenvalue weighted by Gasteiger charge is -2.24. The molecule has 10 heteroatoms. The van der Waals surface area contributed by atoms with Crippen molar-refractivity contribution in [2.75, 3.05) is 0 Å². The molecule has 9 rings (SSSR count). The SMILES string of the molecule is BC1=C(B)C(O)=C(c2c(O)c(O)c(O)c(B)c2-c2c3ccccc3c(-c3ccc4oc5ccc6ccccc6c5c4c3)c3ccccc23)CC(O)=C1O. The highest BCUT2D eigenvalue weighted by atomic mass is 16.3. The summed E-state index contributed by atoms with van der Waals surface area (Å²) in [7, 11) is 4.82. The van der Waals surface area contributed by atoms with E-state index in [0.29, 0.717) is 11.1 Å². The molecule has 0 saturated carbocycles. The maximum absolute atomic E-state index is 11.7. The lowest BCUT2D eigenvalue weighted by atomic mass is 9.74. The first-order valence-corrected chi connectivity index (χ1v) is 17.3. The quantitative estimate of drug-likeness (QED) is 0.0654. The van der Waals surface area contributed by atoms with Gasteiger partial charge in [-0.3, -0.25) is 0 Å². The highest BCUT2D eigenvalue weighted by Gasteiger charge is 2.32. The number of aliphatic hydroxyl groups is 3. The first-order chi connectivity index (χ1) is 25.6. The molecule has 0 atom stereocenters. The molecule has 0 unspecified atom stereocenters. The Kier molecular flexibility index (Phi) is 7.11. The van der Waals surface area contributed by atoms with Gasteiger partial charge in [-0.05, 0) is 83.7 Å². The maximum Gasteiger partial charge on any atom is 0.200 e. The number of aromatic hydroxyl groups is 3. The second kappa shape index (κ2) is 11.7. The predicted octanol–water partition coefficient (Wildman–Crippen LogP) is 7.23. The van der Waals surface area contributed by atoms with Crippen LogP contribution in [0.15, 0.2) is 136 Å². The van der Waals surface area contributed by atoms with E-state index in [1.165, 1.54) is 0 Å². The van der Waals surface area contributed by atoms with Gasteiger partial charge >= 0.3 is 0 Å². The van der Waals surface area contributed by atoms with Gasteiger partial charge in [-0.2, -0.15) is 0 Å². The van der Waals surface area contributed by atoms with Gasteiger partial charge in [0.2, 0.25) is 0 Å². The normalized spacial score (nSPS) is 14.0. The van der Waals surface area contributed by atoms with Gasteiger partial charge in [-0.25, -0.2) is 0 Å². The molecular formula is C43H31B3O7. The molecule has 7 nitrogen and oxygen atoms in total. The van der Waals surface area contributed by atoms with Crippen molar-refractivity contribution in [3.63, 3.8) is 0 Å². The van der Waals surface area contributed by atoms with Crippen molar-refractivity contribution < 1.29 is 35.1 Å². The molecule has 8 aromatic rings. The number of fused-ring (bicyclic) bond motifs is 7. The van der Waals surface area contributed by atoms with Crippen LogP contribution in [0.3, 0.4) is 0 Å². The second-order valence-corrected chi connectivity index (χ2v) is 13.8. The Labute approximate surface area is 305 Å². The van der Waals surface area contributed by atoms with Crippen molar-refractivity contribution >= 4 is 88.8 Å². The summed E-state index contributed by atoms with van der Waals surface area (Å²) in [6.07, 6.45) is -0.349. The Bertz CT molecular complexity index is 2970. The first kappa shape index (κ1) is 32.3. The van der Waals surface area contributed by atoms with Crippen molar-refractivity contribution in [2.45, 2.75) is 6.42 Å². The van der Waals surface area contributed by atoms with Crippen LogP contribution in [0, 0.1) is 0 Å². The van der Waals surface area contributed by atoms with E-state index in [0.717, 1.165) is 65.4 Å². The minimum absolute atomic E-state index is 0.0323. The van der Waals surface area contributed by atoms with Crippen LogP contribution in [0.5, 0.6) is 17.2 Å². The average molecular weight is 692 g/mol. The summed E-state index contributed by atoms with van der Waals surface area (Å²) < 4.78 is 6.33. The molecule has 1 aliphatic carbocycles. The molecule has 1 aromatic heterocycles. The summed E-state index contributed by atoms with van der Waals surface area (Å²) in [5.74, 6) is -2.97. The molecule has 1 heterocycles. The summed E-state index contributed by atoms with van der Waals surface area (Å²) >= 11 is 0. The van der Waals surface area contributed by atoms with Gasteiger partial charge in [0.15, 0.2) is 17.2 Å². The molecule has 0 amide bonds. The highest BCUT2D eigenvalue weighted by Crippen LogP contribution is 2.52. The van der Waals surface area contributed by atoms with E-state index in [9.17, 15) is 30.6 Å². The third-order valence-electron chi connectivity index (χ3n) is 11.0. The zero-order chi connectivity index (χ0) is 36.9. The molecule has 0 radical (unpaired) electrons. The maximum atomic E-state index is 11.7. The predicted molar refractivity (Wildman–Crippen MR) is 221 cm³/mol. The van der Waals surface area contributed by atoms with Crippen LogP contribution >= 0.6 is 0 Å². The number of phenols is 3. The van der Waals surface area contributed by atoms with Crippen LogP contribution in [0.25, 0.3) is 82.1 Å². The number of benzene rings is 7. The number of aliphatic hydroxyl groups excluding tert-OH is 3. The molecule has 254 valence electrons. The largest absolute Gasteiger partial charge is 0.508 e. The van der Waals surface area contributed by atoms with Crippen molar-refractivity contribution in [3.8, 4) is 39.5 Å². The zero-order valence-corrected chi connectivity index (χ0v) is 29.1. The van der Waals surface area contributed by atoms with E-state index < -0.39 is 23.0 Å². The molecule has 7 aromatic carbocycles. The average Bonchev–Trinajstić information content (AvgIpc) is 3.54. The topological polar surface area (TPSA) is 135 Å². The first-order valence-electron chi connectivity index (χ1n) is 17.3. The van der Waals surface area contributed by atoms with Gasteiger partial charge in [0.05, 0.1) is 0 Å². The van der Waals surface area contributed by atoms with E-state index in [4.69, 9.17) is 4.42 Å². The van der Waals surface area contributed by atoms with E-state index >= 15 is 0 Å². The molecule has 0 spiro atoms. The zero-order valence-electron chi connectivity index (χ0n) is 29.1. The third-order valence-corrected chi connectivity index (χ3v) is 11.0. The molecule has 1 aliphatic rings. The van der Waals surface area contributed by atoms with Gasteiger partial charge in [-0.1, -0.05) is 90.4 Å². The fourth-order valence-electron chi connectivity index (χ4n) is 8.19. The monoisotopic (exact) mass is 692 g/mol. The molecule has 53 heavy (non-hydrogen) atoms. The van der Waals surface area contributed by atoms with E-state index in [1.54, 1.807) is 23.5 Å². The Hall–Kier alpha value is -6.67. The summed E-state index contributed by atoms with van der Waals surface area (Å²) in [5, 5.41) is 75.0. The number of rotatable bonds is 3. The van der Waals surface area contributed by atoms with Crippen molar-refractivity contribution in [2.24, 2.45) is 0 Å². The standard InChI is InChI=1S/C43H31B3O7/c44-36-35(34(41(50)43(52)42(36)51)27-18-28(47)40(49)38(46)37(45)39(27)48)33-24-11-5-3-9-22(24)31(23-10-4-6-12-25(23)33)20-14-15-29-26(17-20)32-21-8-2-1-7-19(21)13-16-30(32)53-29/h1-17,47-52H,18,44-46H2. The molecule has 0 fully saturated rings. The summed E-state index contributed by atoms with van der Waals surface area (Å²) in [5.41, 5.74) is 5.46. The Morgan fingerprint density at radius 3 is 1.70 bits per heavy atom. The number of phenolic OH excluding ortho intramolecular Hbond substituents is 3. The number of hydrogen-bond acceptors (Lipinski definition) is 7. The van der Waals surface area contributed by atoms with E-state index in [-0.39, 0.29) is 45.5 Å². The molecule has 0 aliphatic heterocycles. The number of allylic oxidation sites excluding steroid dienone is 3. The summed E-state index contributed by atoms with van der Waals surface area (Å²) in [6, 6.07) is 34.4. The fourth-order valence-corrected chi connectivity index (χ4v) is 8.19. The third kappa shape index (κ3) is 4.58. The smallest absolute Gasteiger partial charge is 0.200 e. The minimum atomic E-state index is -0.754. The van der Waals surface area contributed by atoms with Crippen LogP contribution in [0.4, 0.5) is 0 Å². The summed E-state index contributed by atoms with van der Waals surface area (Å²) in [6.45, 7) is 0. The minimum Gasteiger partial charge on any atom is -0.508 e. The second-order valence-electron chi connectivity index (χ2n) is 13.8. The molecular weight excluding hydrogens is 661 g/mol. The Morgan fingerprint density at radius 1 is 0.472 bits per heavy atom. The Morgan fingerprint density at radius 2 is 1.04 bits per heavy atom. The lowest BCUT2D eigenvalue weighted by Crippen LogP contribution is -2.13. The Balaban J connectivity index is 1.41. The molecule has 6 N–H and O–H groups in total. The summed E-state index contributed by atoms with van der Waals surface area (Å²) in [4.78, 5) is 0. The molecule has 0 bridgehead atoms. The van der Waals surface area contributed by atoms with Gasteiger partial charge in [-0.15, -0.1) is 0 Å². The van der Waals surface area contributed by atoms with Gasteiger partial charge < -0.3 is 35.1 Å². The van der Waals surface area contributed by atoms with E-state index in [1.807, 2.05) is 72.8 Å². The van der Waals surface area contributed by atoms with Gasteiger partial charge in [0.25, 0.3) is 0 Å². The van der Waals surface area contributed by atoms with E-state index in [2.05, 4.69) is 30.3 Å².